The summed E-state index contributed by atoms with van der Waals surface area (Å²) in [6.07, 6.45) is -6.76. The average molecular weight is 466 g/mol. The lowest BCUT2D eigenvalue weighted by atomic mass is 9.74. The largest absolute Gasteiger partial charge is 0.426 e. The standard InChI is InChI=1S/C23H22F4N2O4/c1-13-18-10-16(8-9-17(18)19(11-30)33-29-13)28-20(31)22(32,23(25,26)27)12-21(2,3)14-4-6-15(24)7-5-14/h4-11,19,32H,12H2,1-3H3,(H,28,31). The fraction of sp³-hybridized carbons (Fsp3) is 0.348. The van der Waals surface area contributed by atoms with Gasteiger partial charge in [-0.05, 0) is 42.2 Å². The summed E-state index contributed by atoms with van der Waals surface area (Å²) in [6, 6.07) is 8.89. The molecule has 1 amide bonds. The number of anilines is 1. The summed E-state index contributed by atoms with van der Waals surface area (Å²) in [5, 5.41) is 16.5. The Kier molecular flexibility index (Phi) is 6.34. The molecular weight excluding hydrogens is 444 g/mol. The molecule has 0 aromatic heterocycles. The Bertz CT molecular complexity index is 1100. The second kappa shape index (κ2) is 8.58. The molecule has 176 valence electrons. The van der Waals surface area contributed by atoms with Gasteiger partial charge in [0.05, 0.1) is 5.71 Å². The number of nitrogens with zero attached hydrogens (tertiary/aromatic N) is 1. The SMILES string of the molecule is CC1=NOC(C=O)c2ccc(NC(=O)C(O)(CC(C)(C)c3ccc(F)cc3)C(F)(F)F)cc21. The van der Waals surface area contributed by atoms with Gasteiger partial charge in [0, 0.05) is 23.2 Å². The number of alkyl halides is 3. The first kappa shape index (κ1) is 24.4. The van der Waals surface area contributed by atoms with Gasteiger partial charge in [-0.15, -0.1) is 0 Å². The molecule has 2 atom stereocenters. The quantitative estimate of drug-likeness (QED) is 0.487. The molecule has 6 nitrogen and oxygen atoms in total. The fourth-order valence-corrected chi connectivity index (χ4v) is 3.72. The summed E-state index contributed by atoms with van der Waals surface area (Å²) in [6.45, 7) is 4.41. The van der Waals surface area contributed by atoms with Crippen molar-refractivity contribution < 1.29 is 37.1 Å². The Labute approximate surface area is 187 Å². The van der Waals surface area contributed by atoms with Crippen LogP contribution in [0.25, 0.3) is 0 Å². The highest BCUT2D eigenvalue weighted by atomic mass is 19.4. The Morgan fingerprint density at radius 3 is 2.39 bits per heavy atom. The van der Waals surface area contributed by atoms with Crippen molar-refractivity contribution in [2.75, 3.05) is 5.32 Å². The van der Waals surface area contributed by atoms with E-state index in [0.29, 0.717) is 28.7 Å². The molecule has 1 aliphatic rings. The summed E-state index contributed by atoms with van der Waals surface area (Å²) in [7, 11) is 0. The normalized spacial score (nSPS) is 17.8. The molecular formula is C23H22F4N2O4. The van der Waals surface area contributed by atoms with Crippen LogP contribution in [0.3, 0.4) is 0 Å². The minimum atomic E-state index is -5.30. The van der Waals surface area contributed by atoms with Crippen LogP contribution in [-0.4, -0.2) is 34.8 Å². The van der Waals surface area contributed by atoms with Crippen molar-refractivity contribution in [2.24, 2.45) is 5.16 Å². The van der Waals surface area contributed by atoms with Gasteiger partial charge in [0.15, 0.2) is 6.29 Å². The van der Waals surface area contributed by atoms with Crippen molar-refractivity contribution in [3.05, 3.63) is 65.0 Å². The molecule has 0 radical (unpaired) electrons. The van der Waals surface area contributed by atoms with Crippen LogP contribution in [0.4, 0.5) is 23.2 Å². The van der Waals surface area contributed by atoms with Crippen LogP contribution < -0.4 is 5.32 Å². The van der Waals surface area contributed by atoms with Gasteiger partial charge in [-0.3, -0.25) is 9.59 Å². The minimum Gasteiger partial charge on any atom is -0.380 e. The highest BCUT2D eigenvalue weighted by Crippen LogP contribution is 2.42. The van der Waals surface area contributed by atoms with E-state index in [0.717, 1.165) is 12.1 Å². The van der Waals surface area contributed by atoms with Crippen LogP contribution in [0.5, 0.6) is 0 Å². The van der Waals surface area contributed by atoms with Crippen molar-refractivity contribution in [2.45, 2.75) is 50.5 Å². The number of amides is 1. The molecule has 33 heavy (non-hydrogen) atoms. The van der Waals surface area contributed by atoms with E-state index in [4.69, 9.17) is 4.84 Å². The summed E-state index contributed by atoms with van der Waals surface area (Å²) < 4.78 is 55.1. The lowest BCUT2D eigenvalue weighted by molar-refractivity contribution is -0.254. The van der Waals surface area contributed by atoms with Crippen molar-refractivity contribution >= 4 is 23.6 Å². The van der Waals surface area contributed by atoms with E-state index in [2.05, 4.69) is 10.5 Å². The number of rotatable bonds is 6. The first-order valence-corrected chi connectivity index (χ1v) is 9.95. The third-order valence-corrected chi connectivity index (χ3v) is 5.60. The van der Waals surface area contributed by atoms with Crippen molar-refractivity contribution in [3.8, 4) is 0 Å². The lowest BCUT2D eigenvalue weighted by Crippen LogP contribution is -2.57. The zero-order valence-electron chi connectivity index (χ0n) is 18.0. The van der Waals surface area contributed by atoms with Crippen LogP contribution in [0, 0.1) is 5.82 Å². The maximum absolute atomic E-state index is 14.0. The zero-order chi connectivity index (χ0) is 24.6. The molecule has 0 spiro atoms. The van der Waals surface area contributed by atoms with Crippen LogP contribution in [0.15, 0.2) is 47.6 Å². The van der Waals surface area contributed by atoms with E-state index in [-0.39, 0.29) is 5.69 Å². The van der Waals surface area contributed by atoms with E-state index < -0.39 is 41.4 Å². The maximum Gasteiger partial charge on any atom is 0.426 e. The van der Waals surface area contributed by atoms with Gasteiger partial charge >= 0.3 is 6.18 Å². The molecule has 0 fully saturated rings. The summed E-state index contributed by atoms with van der Waals surface area (Å²) >= 11 is 0. The number of carbonyl (C=O) groups excluding carboxylic acids is 2. The van der Waals surface area contributed by atoms with Gasteiger partial charge in [-0.25, -0.2) is 4.39 Å². The molecule has 2 unspecified atom stereocenters. The Morgan fingerprint density at radius 2 is 1.82 bits per heavy atom. The maximum atomic E-state index is 14.0. The van der Waals surface area contributed by atoms with E-state index in [1.54, 1.807) is 6.92 Å². The summed E-state index contributed by atoms with van der Waals surface area (Å²) in [4.78, 5) is 28.9. The molecule has 2 aromatic rings. The van der Waals surface area contributed by atoms with Gasteiger partial charge in [0.1, 0.15) is 5.82 Å². The third kappa shape index (κ3) is 4.75. The minimum absolute atomic E-state index is 0.0258. The average Bonchev–Trinajstić information content (AvgIpc) is 2.73. The second-order valence-corrected chi connectivity index (χ2v) is 8.52. The predicted octanol–water partition coefficient (Wildman–Crippen LogP) is 4.42. The molecule has 1 heterocycles. The predicted molar refractivity (Wildman–Crippen MR) is 112 cm³/mol. The number of carbonyl (C=O) groups is 2. The van der Waals surface area contributed by atoms with Gasteiger partial charge in [-0.2, -0.15) is 13.2 Å². The molecule has 2 N–H and O–H groups in total. The highest BCUT2D eigenvalue weighted by molar-refractivity contribution is 6.03. The fourth-order valence-electron chi connectivity index (χ4n) is 3.72. The lowest BCUT2D eigenvalue weighted by Gasteiger charge is -2.36. The molecule has 10 heteroatoms. The molecule has 0 saturated carbocycles. The molecule has 0 bridgehead atoms. The summed E-state index contributed by atoms with van der Waals surface area (Å²) in [5.74, 6) is -2.23. The Balaban J connectivity index is 1.92. The van der Waals surface area contributed by atoms with Gasteiger partial charge < -0.3 is 15.3 Å². The molecule has 2 aromatic carbocycles. The topological polar surface area (TPSA) is 88.0 Å². The Hall–Kier alpha value is -3.27. The van der Waals surface area contributed by atoms with E-state index in [1.165, 1.54) is 44.2 Å². The first-order chi connectivity index (χ1) is 15.3. The number of halogens is 4. The second-order valence-electron chi connectivity index (χ2n) is 8.52. The molecule has 0 aliphatic carbocycles. The van der Waals surface area contributed by atoms with Crippen LogP contribution >= 0.6 is 0 Å². The number of nitrogens with one attached hydrogen (secondary N) is 1. The monoisotopic (exact) mass is 466 g/mol. The van der Waals surface area contributed by atoms with Gasteiger partial charge in [-0.1, -0.05) is 37.2 Å². The number of hydrogen-bond donors (Lipinski definition) is 2. The van der Waals surface area contributed by atoms with E-state index >= 15 is 0 Å². The summed E-state index contributed by atoms with van der Waals surface area (Å²) in [5.41, 5.74) is -3.55. The number of fused-ring (bicyclic) bond motifs is 1. The van der Waals surface area contributed by atoms with Crippen LogP contribution in [-0.2, 0) is 19.8 Å². The first-order valence-electron chi connectivity index (χ1n) is 9.95. The van der Waals surface area contributed by atoms with Crippen LogP contribution in [0.2, 0.25) is 0 Å². The number of aliphatic hydroxyl groups is 1. The van der Waals surface area contributed by atoms with Gasteiger partial charge in [0.2, 0.25) is 11.7 Å². The van der Waals surface area contributed by atoms with E-state index in [9.17, 15) is 32.3 Å². The number of aldehydes is 1. The van der Waals surface area contributed by atoms with E-state index in [1.807, 2.05) is 0 Å². The van der Waals surface area contributed by atoms with Gasteiger partial charge in [0.25, 0.3) is 5.91 Å². The van der Waals surface area contributed by atoms with Crippen molar-refractivity contribution in [3.63, 3.8) is 0 Å². The molecule has 0 saturated heterocycles. The van der Waals surface area contributed by atoms with Crippen molar-refractivity contribution in [1.82, 2.24) is 0 Å². The smallest absolute Gasteiger partial charge is 0.380 e. The Morgan fingerprint density at radius 1 is 1.18 bits per heavy atom. The van der Waals surface area contributed by atoms with Crippen LogP contribution in [0.1, 0.15) is 50.0 Å². The number of benzene rings is 2. The number of oxime groups is 1. The highest BCUT2D eigenvalue weighted by Gasteiger charge is 2.61. The zero-order valence-corrected chi connectivity index (χ0v) is 18.0. The van der Waals surface area contributed by atoms with Crippen molar-refractivity contribution in [1.29, 1.82) is 0 Å². The third-order valence-electron chi connectivity index (χ3n) is 5.60. The molecule has 3 rings (SSSR count). The number of hydrogen-bond acceptors (Lipinski definition) is 5. The molecule has 1 aliphatic heterocycles.